The Kier molecular flexibility index (Phi) is 12.3. The maximum Gasteiger partial charge on any atom is 0.144 e. The van der Waals surface area contributed by atoms with Crippen LogP contribution < -0.4 is 16.0 Å². The van der Waals surface area contributed by atoms with Gasteiger partial charge in [-0.1, -0.05) is 0 Å². The molecule has 4 rings (SSSR count). The van der Waals surface area contributed by atoms with Gasteiger partial charge in [-0.15, -0.1) is 5.10 Å². The fraction of sp³-hybridized carbons (Fsp3) is 0.857. The summed E-state index contributed by atoms with van der Waals surface area (Å²) in [7, 11) is 0. The van der Waals surface area contributed by atoms with E-state index in [1.165, 1.54) is 90.3 Å². The molecular weight excluding hydrogens is 254 g/mol. The van der Waals surface area contributed by atoms with Crippen LogP contribution in [0.5, 0.6) is 0 Å². The van der Waals surface area contributed by atoms with E-state index in [4.69, 9.17) is 0 Å². The Bertz CT molecular complexity index is 193. The van der Waals surface area contributed by atoms with Gasteiger partial charge in [0.2, 0.25) is 0 Å². The predicted octanol–water partition coefficient (Wildman–Crippen LogP) is 1.18. The van der Waals surface area contributed by atoms with E-state index in [9.17, 15) is 0 Å². The number of nitrogens with one attached hydrogen (secondary N) is 3. The zero-order valence-corrected chi connectivity index (χ0v) is 12.4. The zero-order valence-electron chi connectivity index (χ0n) is 12.4. The Morgan fingerprint density at radius 3 is 1.15 bits per heavy atom. The van der Waals surface area contributed by atoms with Crippen LogP contribution in [-0.2, 0) is 0 Å². The van der Waals surface area contributed by atoms with Crippen molar-refractivity contribution in [2.75, 3.05) is 39.3 Å². The lowest BCUT2D eigenvalue weighted by molar-refractivity contribution is 0.393. The van der Waals surface area contributed by atoms with Gasteiger partial charge in [-0.2, -0.15) is 0 Å². The number of hydrogen-bond acceptors (Lipinski definition) is 6. The van der Waals surface area contributed by atoms with Gasteiger partial charge in [-0.05, 0) is 77.8 Å². The summed E-state index contributed by atoms with van der Waals surface area (Å²) < 4.78 is 4.22. The largest absolute Gasteiger partial charge is 0.346 e. The lowest BCUT2D eigenvalue weighted by Gasteiger charge is -1.76. The Morgan fingerprint density at radius 1 is 0.650 bits per heavy atom. The van der Waals surface area contributed by atoms with E-state index < -0.39 is 0 Å². The zero-order chi connectivity index (χ0) is 14.1. The normalized spacial score (nSPS) is 20.0. The molecule has 6 nitrogen and oxygen atoms in total. The fourth-order valence-corrected chi connectivity index (χ4v) is 2.01. The number of rotatable bonds is 0. The highest BCUT2D eigenvalue weighted by Gasteiger charge is 1.94. The molecule has 3 aliphatic heterocycles. The summed E-state index contributed by atoms with van der Waals surface area (Å²) in [6.07, 6.45) is 11.2. The summed E-state index contributed by atoms with van der Waals surface area (Å²) >= 11 is 0. The lowest BCUT2D eigenvalue weighted by Crippen LogP contribution is -2.03. The number of aromatic nitrogens is 2. The summed E-state index contributed by atoms with van der Waals surface area (Å²) in [5, 5.41) is 16.1. The van der Waals surface area contributed by atoms with Crippen molar-refractivity contribution in [2.45, 2.75) is 38.5 Å². The van der Waals surface area contributed by atoms with Gasteiger partial charge in [-0.25, -0.2) is 0 Å². The smallest absolute Gasteiger partial charge is 0.144 e. The van der Waals surface area contributed by atoms with Crippen LogP contribution in [0.3, 0.4) is 0 Å². The molecule has 0 aliphatic carbocycles. The summed E-state index contributed by atoms with van der Waals surface area (Å²) in [6, 6.07) is 0. The van der Waals surface area contributed by atoms with Crippen LogP contribution in [0.1, 0.15) is 38.5 Å². The average Bonchev–Trinajstić information content (AvgIpc) is 3.40. The minimum absolute atomic E-state index is 1.25. The Hall–Kier alpha value is -0.980. The standard InChI is InChI=1S/3C4H9N.C2H2N2O/c3*1-2-4-5-3-1;1-2-5-4-3-1/h3*5H,1-4H2;1-2H. The first-order valence-electron chi connectivity index (χ1n) is 7.83. The molecule has 20 heavy (non-hydrogen) atoms. The molecule has 4 heterocycles. The number of hydrogen-bond donors (Lipinski definition) is 3. The Morgan fingerprint density at radius 2 is 1.05 bits per heavy atom. The quantitative estimate of drug-likeness (QED) is 0.664. The molecule has 1 aromatic rings. The highest BCUT2D eigenvalue weighted by Crippen LogP contribution is 1.91. The van der Waals surface area contributed by atoms with Gasteiger partial charge >= 0.3 is 0 Å². The molecule has 0 atom stereocenters. The first-order valence-corrected chi connectivity index (χ1v) is 7.83. The molecule has 0 spiro atoms. The summed E-state index contributed by atoms with van der Waals surface area (Å²) in [5.41, 5.74) is 0. The van der Waals surface area contributed by atoms with E-state index in [0.29, 0.717) is 0 Å². The van der Waals surface area contributed by atoms with E-state index >= 15 is 0 Å². The third-order valence-electron chi connectivity index (χ3n) is 3.15. The van der Waals surface area contributed by atoms with E-state index in [2.05, 4.69) is 30.8 Å². The van der Waals surface area contributed by atoms with Gasteiger partial charge < -0.3 is 20.5 Å². The van der Waals surface area contributed by atoms with Crippen LogP contribution in [0, 0.1) is 0 Å². The van der Waals surface area contributed by atoms with Crippen molar-refractivity contribution >= 4 is 0 Å². The van der Waals surface area contributed by atoms with Gasteiger partial charge in [0.1, 0.15) is 6.26 Å². The second-order valence-electron chi connectivity index (χ2n) is 4.96. The second kappa shape index (κ2) is 14.4. The van der Waals surface area contributed by atoms with Crippen molar-refractivity contribution in [2.24, 2.45) is 0 Å². The van der Waals surface area contributed by atoms with Crippen molar-refractivity contribution in [3.8, 4) is 0 Å². The molecule has 0 unspecified atom stereocenters. The van der Waals surface area contributed by atoms with E-state index in [1.807, 2.05) is 0 Å². The molecule has 0 aromatic carbocycles. The summed E-state index contributed by atoms with van der Waals surface area (Å²) in [5.74, 6) is 0. The first-order chi connectivity index (χ1) is 10.0. The molecule has 0 amide bonds. The van der Waals surface area contributed by atoms with E-state index in [-0.39, 0.29) is 0 Å². The SMILES string of the molecule is C1CCNC1.C1CCNC1.C1CCNC1.c1conn1. The highest BCUT2D eigenvalue weighted by atomic mass is 16.5. The summed E-state index contributed by atoms with van der Waals surface area (Å²) in [6.45, 7) is 7.50. The van der Waals surface area contributed by atoms with Crippen LogP contribution in [-0.4, -0.2) is 49.6 Å². The maximum atomic E-state index is 4.22. The molecule has 6 heteroatoms. The minimum atomic E-state index is 1.25. The van der Waals surface area contributed by atoms with E-state index in [0.717, 1.165) is 0 Å². The minimum Gasteiger partial charge on any atom is -0.346 e. The molecule has 3 fully saturated rings. The third kappa shape index (κ3) is 12.1. The predicted molar refractivity (Wildman–Crippen MR) is 80.6 cm³/mol. The summed E-state index contributed by atoms with van der Waals surface area (Å²) in [4.78, 5) is 0. The van der Waals surface area contributed by atoms with E-state index in [1.54, 1.807) is 0 Å². The van der Waals surface area contributed by atoms with Crippen LogP contribution in [0.25, 0.3) is 0 Å². The molecule has 0 radical (unpaired) electrons. The molecule has 3 saturated heterocycles. The first kappa shape index (κ1) is 17.1. The second-order valence-corrected chi connectivity index (χ2v) is 4.96. The monoisotopic (exact) mass is 283 g/mol. The van der Waals surface area contributed by atoms with Gasteiger partial charge in [0.05, 0.1) is 6.20 Å². The van der Waals surface area contributed by atoms with Crippen molar-refractivity contribution in [3.05, 3.63) is 12.5 Å². The van der Waals surface area contributed by atoms with Crippen LogP contribution in [0.2, 0.25) is 0 Å². The van der Waals surface area contributed by atoms with Crippen LogP contribution in [0.15, 0.2) is 17.0 Å². The maximum absolute atomic E-state index is 4.22. The Balaban J connectivity index is 0.000000133. The molecule has 3 N–H and O–H groups in total. The van der Waals surface area contributed by atoms with Gasteiger partial charge in [0.25, 0.3) is 0 Å². The van der Waals surface area contributed by atoms with Gasteiger partial charge in [0, 0.05) is 5.27 Å². The third-order valence-corrected chi connectivity index (χ3v) is 3.15. The van der Waals surface area contributed by atoms with Crippen molar-refractivity contribution in [1.29, 1.82) is 0 Å². The Labute approximate surface area is 122 Å². The van der Waals surface area contributed by atoms with Crippen molar-refractivity contribution in [1.82, 2.24) is 26.3 Å². The molecule has 0 saturated carbocycles. The van der Waals surface area contributed by atoms with Gasteiger partial charge in [-0.3, -0.25) is 0 Å². The van der Waals surface area contributed by atoms with Crippen molar-refractivity contribution < 1.29 is 4.52 Å². The molecular formula is C14H29N5O. The van der Waals surface area contributed by atoms with Crippen LogP contribution in [0.4, 0.5) is 0 Å². The molecule has 1 aromatic heterocycles. The average molecular weight is 283 g/mol. The topological polar surface area (TPSA) is 75.0 Å². The number of nitrogens with zero attached hydrogens (tertiary/aromatic N) is 2. The molecule has 0 bridgehead atoms. The highest BCUT2D eigenvalue weighted by molar-refractivity contribution is 4.56. The molecule has 116 valence electrons. The molecule has 3 aliphatic rings. The van der Waals surface area contributed by atoms with Crippen molar-refractivity contribution in [3.63, 3.8) is 0 Å². The fourth-order valence-electron chi connectivity index (χ4n) is 2.01. The van der Waals surface area contributed by atoms with Gasteiger partial charge in [0.15, 0.2) is 0 Å². The lowest BCUT2D eigenvalue weighted by atomic mass is 10.4. The van der Waals surface area contributed by atoms with Crippen LogP contribution >= 0.6 is 0 Å².